The molecular weight excluding hydrogens is 356 g/mol. The summed E-state index contributed by atoms with van der Waals surface area (Å²) >= 11 is 0. The fourth-order valence-electron chi connectivity index (χ4n) is 3.55. The molecule has 1 aromatic rings. The number of halogens is 1. The number of nitrogens with zero attached hydrogens (tertiary/aromatic N) is 1. The summed E-state index contributed by atoms with van der Waals surface area (Å²) in [7, 11) is 0. The van der Waals surface area contributed by atoms with Crippen molar-refractivity contribution in [1.82, 2.24) is 5.32 Å². The molecule has 0 heterocycles. The summed E-state index contributed by atoms with van der Waals surface area (Å²) in [5, 5.41) is 17.5. The number of nitro groups is 1. The van der Waals surface area contributed by atoms with Gasteiger partial charge in [-0.3, -0.25) is 14.9 Å². The number of nitrogens with one attached hydrogen (secondary N) is 2. The Morgan fingerprint density at radius 1 is 1.23 bits per heavy atom. The van der Waals surface area contributed by atoms with E-state index in [1.807, 2.05) is 0 Å². The molecule has 0 bridgehead atoms. The molecule has 4 N–H and O–H groups in total. The lowest BCUT2D eigenvalue weighted by molar-refractivity contribution is -0.384. The highest BCUT2D eigenvalue weighted by molar-refractivity contribution is 5.96. The SMILES string of the molecule is Cl.NCC(NC(=O)c1ccc(NC2CC2)c([N+](=O)[O-])c1)C1CCCCC1. The van der Waals surface area contributed by atoms with E-state index in [4.69, 9.17) is 5.73 Å². The summed E-state index contributed by atoms with van der Waals surface area (Å²) in [6.07, 6.45) is 7.79. The van der Waals surface area contributed by atoms with Crippen molar-refractivity contribution in [3.8, 4) is 0 Å². The number of benzene rings is 1. The average molecular weight is 383 g/mol. The number of nitro benzene ring substituents is 1. The highest BCUT2D eigenvalue weighted by Gasteiger charge is 2.27. The lowest BCUT2D eigenvalue weighted by atomic mass is 9.84. The average Bonchev–Trinajstić information content (AvgIpc) is 3.44. The Labute approximate surface area is 159 Å². The minimum absolute atomic E-state index is 0. The van der Waals surface area contributed by atoms with E-state index in [0.717, 1.165) is 25.7 Å². The van der Waals surface area contributed by atoms with Crippen molar-refractivity contribution in [1.29, 1.82) is 0 Å². The molecule has 0 spiro atoms. The Kier molecular flexibility index (Phi) is 7.23. The molecule has 3 rings (SSSR count). The van der Waals surface area contributed by atoms with Crippen LogP contribution in [0.1, 0.15) is 55.3 Å². The highest BCUT2D eigenvalue weighted by Crippen LogP contribution is 2.32. The van der Waals surface area contributed by atoms with Crippen molar-refractivity contribution in [3.63, 3.8) is 0 Å². The Morgan fingerprint density at radius 2 is 1.92 bits per heavy atom. The first kappa shape index (κ1) is 20.5. The molecule has 1 amide bonds. The Morgan fingerprint density at radius 3 is 2.50 bits per heavy atom. The van der Waals surface area contributed by atoms with Gasteiger partial charge in [0.05, 0.1) is 4.92 Å². The molecular formula is C18H27ClN4O3. The van der Waals surface area contributed by atoms with Gasteiger partial charge in [-0.25, -0.2) is 0 Å². The van der Waals surface area contributed by atoms with Crippen LogP contribution in [0, 0.1) is 16.0 Å². The van der Waals surface area contributed by atoms with Gasteiger partial charge >= 0.3 is 0 Å². The lowest BCUT2D eigenvalue weighted by Gasteiger charge is -2.30. The number of carbonyl (C=O) groups is 1. The van der Waals surface area contributed by atoms with Gasteiger partial charge in [0.25, 0.3) is 11.6 Å². The zero-order valence-corrected chi connectivity index (χ0v) is 15.6. The predicted molar refractivity (Wildman–Crippen MR) is 104 cm³/mol. The third kappa shape index (κ3) is 5.08. The second kappa shape index (κ2) is 9.19. The maximum atomic E-state index is 12.6. The van der Waals surface area contributed by atoms with E-state index in [1.54, 1.807) is 12.1 Å². The summed E-state index contributed by atoms with van der Waals surface area (Å²) in [6.45, 7) is 0.389. The van der Waals surface area contributed by atoms with Crippen LogP contribution in [-0.4, -0.2) is 29.5 Å². The van der Waals surface area contributed by atoms with Crippen LogP contribution < -0.4 is 16.4 Å². The number of rotatable bonds is 7. The molecule has 0 radical (unpaired) electrons. The Balaban J connectivity index is 0.00000243. The maximum absolute atomic E-state index is 12.6. The third-order valence-electron chi connectivity index (χ3n) is 5.18. The molecule has 2 fully saturated rings. The second-order valence-corrected chi connectivity index (χ2v) is 7.12. The van der Waals surface area contributed by atoms with E-state index in [2.05, 4.69) is 10.6 Å². The van der Waals surface area contributed by atoms with E-state index in [0.29, 0.717) is 29.8 Å². The van der Waals surface area contributed by atoms with Crippen LogP contribution in [0.5, 0.6) is 0 Å². The van der Waals surface area contributed by atoms with E-state index in [-0.39, 0.29) is 30.0 Å². The quantitative estimate of drug-likeness (QED) is 0.495. The zero-order valence-electron chi connectivity index (χ0n) is 14.8. The first-order valence-electron chi connectivity index (χ1n) is 9.14. The van der Waals surface area contributed by atoms with Crippen molar-refractivity contribution in [3.05, 3.63) is 33.9 Å². The molecule has 144 valence electrons. The van der Waals surface area contributed by atoms with Gasteiger partial charge in [-0.05, 0) is 43.7 Å². The number of anilines is 1. The molecule has 1 unspecified atom stereocenters. The molecule has 2 aliphatic rings. The number of hydrogen-bond donors (Lipinski definition) is 3. The second-order valence-electron chi connectivity index (χ2n) is 7.12. The van der Waals surface area contributed by atoms with E-state index >= 15 is 0 Å². The van der Waals surface area contributed by atoms with Crippen LogP contribution in [0.15, 0.2) is 18.2 Å². The number of carbonyl (C=O) groups excluding carboxylic acids is 1. The maximum Gasteiger partial charge on any atom is 0.293 e. The van der Waals surface area contributed by atoms with Crippen molar-refractivity contribution in [2.45, 2.75) is 57.0 Å². The summed E-state index contributed by atoms with van der Waals surface area (Å²) in [4.78, 5) is 23.5. The van der Waals surface area contributed by atoms with Crippen LogP contribution in [0.25, 0.3) is 0 Å². The molecule has 26 heavy (non-hydrogen) atoms. The van der Waals surface area contributed by atoms with Crippen molar-refractivity contribution >= 4 is 29.7 Å². The molecule has 7 nitrogen and oxygen atoms in total. The lowest BCUT2D eigenvalue weighted by Crippen LogP contribution is -2.45. The first-order chi connectivity index (χ1) is 12.1. The van der Waals surface area contributed by atoms with Gasteiger partial charge in [0.15, 0.2) is 0 Å². The zero-order chi connectivity index (χ0) is 17.8. The van der Waals surface area contributed by atoms with Gasteiger partial charge in [0, 0.05) is 30.3 Å². The summed E-state index contributed by atoms with van der Waals surface area (Å²) in [5.74, 6) is 0.107. The van der Waals surface area contributed by atoms with Crippen LogP contribution in [0.3, 0.4) is 0 Å². The third-order valence-corrected chi connectivity index (χ3v) is 5.18. The van der Waals surface area contributed by atoms with E-state index < -0.39 is 4.92 Å². The van der Waals surface area contributed by atoms with Crippen LogP contribution in [0.2, 0.25) is 0 Å². The number of nitrogens with two attached hydrogens (primary N) is 1. The van der Waals surface area contributed by atoms with Gasteiger partial charge in [-0.1, -0.05) is 19.3 Å². The van der Waals surface area contributed by atoms with Gasteiger partial charge in [-0.15, -0.1) is 12.4 Å². The van der Waals surface area contributed by atoms with Gasteiger partial charge < -0.3 is 16.4 Å². The fraction of sp³-hybridized carbons (Fsp3) is 0.611. The summed E-state index contributed by atoms with van der Waals surface area (Å²) in [5.41, 5.74) is 6.59. The summed E-state index contributed by atoms with van der Waals surface area (Å²) < 4.78 is 0. The first-order valence-corrected chi connectivity index (χ1v) is 9.14. The van der Waals surface area contributed by atoms with E-state index in [9.17, 15) is 14.9 Å². The molecule has 1 aromatic carbocycles. The van der Waals surface area contributed by atoms with Gasteiger partial charge in [0.1, 0.15) is 5.69 Å². The Bertz CT molecular complexity index is 645. The monoisotopic (exact) mass is 382 g/mol. The van der Waals surface area contributed by atoms with Gasteiger partial charge in [-0.2, -0.15) is 0 Å². The van der Waals surface area contributed by atoms with Gasteiger partial charge in [0.2, 0.25) is 0 Å². The Hall–Kier alpha value is -1.86. The minimum atomic E-state index is -0.441. The largest absolute Gasteiger partial charge is 0.377 e. The standard InChI is InChI=1S/C18H26N4O3.ClH/c19-11-16(12-4-2-1-3-5-12)21-18(23)13-6-9-15(20-14-7-8-14)17(10-13)22(24)25;/h6,9-10,12,14,16,20H,1-5,7-8,11,19H2,(H,21,23);1H. The number of amides is 1. The van der Waals surface area contributed by atoms with Crippen LogP contribution in [-0.2, 0) is 0 Å². The molecule has 2 aliphatic carbocycles. The van der Waals surface area contributed by atoms with Crippen LogP contribution >= 0.6 is 12.4 Å². The predicted octanol–water partition coefficient (Wildman–Crippen LogP) is 3.23. The van der Waals surface area contributed by atoms with Crippen molar-refractivity contribution < 1.29 is 9.72 Å². The smallest absolute Gasteiger partial charge is 0.293 e. The van der Waals surface area contributed by atoms with Crippen molar-refractivity contribution in [2.24, 2.45) is 11.7 Å². The molecule has 2 saturated carbocycles. The molecule has 8 heteroatoms. The summed E-state index contributed by atoms with van der Waals surface area (Å²) in [6, 6.07) is 4.86. The molecule has 0 aromatic heterocycles. The normalized spacial score (nSPS) is 18.5. The highest BCUT2D eigenvalue weighted by atomic mass is 35.5. The molecule has 0 aliphatic heterocycles. The molecule has 0 saturated heterocycles. The minimum Gasteiger partial charge on any atom is -0.377 e. The fourth-order valence-corrected chi connectivity index (χ4v) is 3.55. The van der Waals surface area contributed by atoms with E-state index in [1.165, 1.54) is 25.3 Å². The van der Waals surface area contributed by atoms with Crippen LogP contribution in [0.4, 0.5) is 11.4 Å². The number of hydrogen-bond acceptors (Lipinski definition) is 5. The molecule has 1 atom stereocenters. The van der Waals surface area contributed by atoms with Crippen molar-refractivity contribution in [2.75, 3.05) is 11.9 Å². The topological polar surface area (TPSA) is 110 Å².